The minimum atomic E-state index is -1.39. The van der Waals surface area contributed by atoms with Crippen molar-refractivity contribution in [1.29, 1.82) is 0 Å². The molecule has 0 bridgehead atoms. The lowest BCUT2D eigenvalue weighted by Gasteiger charge is -2.25. The summed E-state index contributed by atoms with van der Waals surface area (Å²) in [7, 11) is 0. The molecule has 15 heteroatoms. The van der Waals surface area contributed by atoms with Crippen molar-refractivity contribution in [1.82, 2.24) is 30.9 Å². The number of H-pyrrole nitrogens is 2. The summed E-state index contributed by atoms with van der Waals surface area (Å²) >= 11 is 0. The highest BCUT2D eigenvalue weighted by atomic mass is 16.4. The highest BCUT2D eigenvalue weighted by molar-refractivity contribution is 5.94. The molecule has 4 amide bonds. The van der Waals surface area contributed by atoms with Crippen LogP contribution in [0.3, 0.4) is 0 Å². The van der Waals surface area contributed by atoms with Crippen LogP contribution in [0.1, 0.15) is 43.4 Å². The molecule has 232 valence electrons. The van der Waals surface area contributed by atoms with Crippen molar-refractivity contribution < 1.29 is 29.1 Å². The molecule has 0 aliphatic heterocycles. The third kappa shape index (κ3) is 9.93. The van der Waals surface area contributed by atoms with E-state index in [0.29, 0.717) is 25.1 Å². The highest BCUT2D eigenvalue weighted by Crippen LogP contribution is 2.19. The molecule has 15 nitrogen and oxygen atoms in total. The second kappa shape index (κ2) is 16.0. The largest absolute Gasteiger partial charge is 0.480 e. The van der Waals surface area contributed by atoms with Gasteiger partial charge in [0.25, 0.3) is 0 Å². The molecule has 0 aliphatic carbocycles. The fraction of sp³-hybridized carbons (Fsp3) is 0.429. The SMILES string of the molecule is NCCCCC(NC(=O)C(Cc1cnc[nH]1)NC(=O)C(N)Cc1c[nH]c2ccccc12)C(=O)NC(CCC(N)=O)C(=O)O. The molecule has 1 aromatic carbocycles. The van der Waals surface area contributed by atoms with E-state index in [-0.39, 0.29) is 32.1 Å². The maximum absolute atomic E-state index is 13.5. The summed E-state index contributed by atoms with van der Waals surface area (Å²) in [5, 5.41) is 18.1. The fourth-order valence-electron chi connectivity index (χ4n) is 4.58. The zero-order chi connectivity index (χ0) is 31.4. The average Bonchev–Trinajstić information content (AvgIpc) is 3.64. The first-order chi connectivity index (χ1) is 20.6. The maximum Gasteiger partial charge on any atom is 0.326 e. The number of benzene rings is 1. The van der Waals surface area contributed by atoms with E-state index < -0.39 is 53.8 Å². The van der Waals surface area contributed by atoms with Gasteiger partial charge >= 0.3 is 5.97 Å². The van der Waals surface area contributed by atoms with Crippen LogP contribution in [0.4, 0.5) is 0 Å². The molecule has 0 spiro atoms. The molecule has 2 heterocycles. The zero-order valence-corrected chi connectivity index (χ0v) is 23.7. The van der Waals surface area contributed by atoms with Gasteiger partial charge in [0, 0.05) is 41.8 Å². The van der Waals surface area contributed by atoms with Crippen LogP contribution in [0.25, 0.3) is 10.9 Å². The summed E-state index contributed by atoms with van der Waals surface area (Å²) in [6.45, 7) is 0.353. The van der Waals surface area contributed by atoms with Crippen LogP contribution < -0.4 is 33.2 Å². The van der Waals surface area contributed by atoms with Gasteiger partial charge in [-0.2, -0.15) is 0 Å². The van der Waals surface area contributed by atoms with Gasteiger partial charge in [0.15, 0.2) is 0 Å². The van der Waals surface area contributed by atoms with E-state index in [2.05, 4.69) is 30.9 Å². The molecule has 43 heavy (non-hydrogen) atoms. The third-order valence-electron chi connectivity index (χ3n) is 6.94. The quantitative estimate of drug-likeness (QED) is 0.0807. The number of rotatable bonds is 18. The molecular weight excluding hydrogens is 558 g/mol. The van der Waals surface area contributed by atoms with Gasteiger partial charge in [-0.1, -0.05) is 18.2 Å². The Labute approximate surface area is 247 Å². The molecule has 3 aromatic rings. The number of aliphatic carboxylic acids is 1. The highest BCUT2D eigenvalue weighted by Gasteiger charge is 2.31. The van der Waals surface area contributed by atoms with Gasteiger partial charge in [0.1, 0.15) is 18.1 Å². The topological polar surface area (TPSA) is 264 Å². The maximum atomic E-state index is 13.5. The molecule has 12 N–H and O–H groups in total. The number of carbonyl (C=O) groups is 5. The molecule has 4 atom stereocenters. The van der Waals surface area contributed by atoms with Crippen molar-refractivity contribution in [2.45, 2.75) is 69.1 Å². The van der Waals surface area contributed by atoms with Gasteiger partial charge in [-0.25, -0.2) is 9.78 Å². The summed E-state index contributed by atoms with van der Waals surface area (Å²) < 4.78 is 0. The summed E-state index contributed by atoms with van der Waals surface area (Å²) in [5.74, 6) is -4.08. The molecule has 2 aromatic heterocycles. The first kappa shape index (κ1) is 32.8. The molecule has 0 aliphatic rings. The van der Waals surface area contributed by atoms with Gasteiger partial charge < -0.3 is 48.2 Å². The lowest BCUT2D eigenvalue weighted by Crippen LogP contribution is -2.57. The second-order valence-electron chi connectivity index (χ2n) is 10.3. The third-order valence-corrected chi connectivity index (χ3v) is 6.94. The first-order valence-corrected chi connectivity index (χ1v) is 14.0. The van der Waals surface area contributed by atoms with E-state index in [4.69, 9.17) is 17.2 Å². The number of aromatic amines is 2. The van der Waals surface area contributed by atoms with Crippen LogP contribution in [0.5, 0.6) is 0 Å². The number of aromatic nitrogens is 3. The number of carboxylic acid groups (broad SMARTS) is 1. The van der Waals surface area contributed by atoms with Crippen LogP contribution in [-0.2, 0) is 36.8 Å². The summed E-state index contributed by atoms with van der Waals surface area (Å²) in [4.78, 5) is 72.6. The predicted octanol–water partition coefficient (Wildman–Crippen LogP) is -1.06. The number of imidazole rings is 1. The van der Waals surface area contributed by atoms with E-state index in [0.717, 1.165) is 16.5 Å². The van der Waals surface area contributed by atoms with Crippen molar-refractivity contribution in [2.75, 3.05) is 6.54 Å². The van der Waals surface area contributed by atoms with Crippen LogP contribution in [0.2, 0.25) is 0 Å². The molecular formula is C28H39N9O6. The minimum Gasteiger partial charge on any atom is -0.480 e. The Balaban J connectivity index is 1.74. The van der Waals surface area contributed by atoms with E-state index in [1.165, 1.54) is 12.5 Å². The van der Waals surface area contributed by atoms with Crippen molar-refractivity contribution >= 4 is 40.5 Å². The van der Waals surface area contributed by atoms with Gasteiger partial charge in [-0.15, -0.1) is 0 Å². The van der Waals surface area contributed by atoms with Crippen molar-refractivity contribution in [3.8, 4) is 0 Å². The number of para-hydroxylation sites is 1. The number of nitrogens with two attached hydrogens (primary N) is 3. The number of hydrogen-bond acceptors (Lipinski definition) is 8. The second-order valence-corrected chi connectivity index (χ2v) is 10.3. The zero-order valence-electron chi connectivity index (χ0n) is 23.7. The lowest BCUT2D eigenvalue weighted by atomic mass is 10.0. The van der Waals surface area contributed by atoms with Gasteiger partial charge in [0.05, 0.1) is 12.4 Å². The molecule has 0 saturated carbocycles. The van der Waals surface area contributed by atoms with E-state index in [1.54, 1.807) is 6.20 Å². The minimum absolute atomic E-state index is 0.0187. The molecule has 3 rings (SSSR count). The number of amides is 4. The smallest absolute Gasteiger partial charge is 0.326 e. The first-order valence-electron chi connectivity index (χ1n) is 14.0. The molecule has 0 saturated heterocycles. The Kier molecular flexibility index (Phi) is 12.2. The van der Waals surface area contributed by atoms with Crippen molar-refractivity contribution in [3.63, 3.8) is 0 Å². The van der Waals surface area contributed by atoms with Gasteiger partial charge in [0.2, 0.25) is 23.6 Å². The van der Waals surface area contributed by atoms with Crippen LogP contribution in [0.15, 0.2) is 43.0 Å². The van der Waals surface area contributed by atoms with Crippen LogP contribution >= 0.6 is 0 Å². The standard InChI is InChI=1S/C28H39N9O6/c29-10-4-3-7-21(26(40)36-22(28(42)43)8-9-24(31)38)35-27(41)23(12-17-14-32-15-34-17)37-25(39)19(30)11-16-13-33-20-6-2-1-5-18(16)20/h1-2,5-6,13-15,19,21-23,33H,3-4,7-12,29-30H2,(H2,31,38)(H,32,34)(H,35,41)(H,36,40)(H,37,39)(H,42,43). The number of nitrogens with zero attached hydrogens (tertiary/aromatic N) is 1. The number of unbranched alkanes of at least 4 members (excludes halogenated alkanes) is 1. The Morgan fingerprint density at radius 2 is 1.58 bits per heavy atom. The van der Waals surface area contributed by atoms with Gasteiger partial charge in [-0.05, 0) is 50.3 Å². The molecule has 0 radical (unpaired) electrons. The number of fused-ring (bicyclic) bond motifs is 1. The van der Waals surface area contributed by atoms with Crippen molar-refractivity contribution in [2.24, 2.45) is 17.2 Å². The van der Waals surface area contributed by atoms with Crippen LogP contribution in [-0.4, -0.2) is 80.4 Å². The fourth-order valence-corrected chi connectivity index (χ4v) is 4.58. The monoisotopic (exact) mass is 597 g/mol. The Morgan fingerprint density at radius 1 is 0.884 bits per heavy atom. The molecule has 0 fully saturated rings. The summed E-state index contributed by atoms with van der Waals surface area (Å²) in [6.07, 6.45) is 5.64. The van der Waals surface area contributed by atoms with Gasteiger partial charge in [-0.3, -0.25) is 19.2 Å². The summed E-state index contributed by atoms with van der Waals surface area (Å²) in [6, 6.07) is 2.93. The molecule has 4 unspecified atom stereocenters. The van der Waals surface area contributed by atoms with E-state index in [9.17, 15) is 29.1 Å². The predicted molar refractivity (Wildman–Crippen MR) is 157 cm³/mol. The number of carboxylic acids is 1. The Hall–Kier alpha value is -4.76. The number of carbonyl (C=O) groups excluding carboxylic acids is 4. The number of hydrogen-bond donors (Lipinski definition) is 9. The van der Waals surface area contributed by atoms with Crippen LogP contribution in [0, 0.1) is 0 Å². The average molecular weight is 598 g/mol. The Morgan fingerprint density at radius 3 is 2.26 bits per heavy atom. The normalized spacial score (nSPS) is 13.9. The van der Waals surface area contributed by atoms with E-state index in [1.807, 2.05) is 24.3 Å². The Bertz CT molecular complexity index is 1390. The number of nitrogens with one attached hydrogen (secondary N) is 5. The summed E-state index contributed by atoms with van der Waals surface area (Å²) in [5.41, 5.74) is 19.2. The van der Waals surface area contributed by atoms with Crippen molar-refractivity contribution in [3.05, 3.63) is 54.2 Å². The lowest BCUT2D eigenvalue weighted by molar-refractivity contribution is -0.142. The number of primary amides is 1. The van der Waals surface area contributed by atoms with E-state index >= 15 is 0 Å².